The number of hydrogen-bond acceptors (Lipinski definition) is 4. The average Bonchev–Trinajstić information content (AvgIpc) is 2.79. The van der Waals surface area contributed by atoms with Gasteiger partial charge in [-0.3, -0.25) is 0 Å². The van der Waals surface area contributed by atoms with Crippen molar-refractivity contribution < 1.29 is 0 Å². The van der Waals surface area contributed by atoms with Gasteiger partial charge >= 0.3 is 0 Å². The second kappa shape index (κ2) is 6.55. The van der Waals surface area contributed by atoms with Gasteiger partial charge in [0.05, 0.1) is 5.69 Å². The number of rotatable bonds is 5. The van der Waals surface area contributed by atoms with Gasteiger partial charge in [0, 0.05) is 31.7 Å². The van der Waals surface area contributed by atoms with Crippen LogP contribution in [0.25, 0.3) is 0 Å². The van der Waals surface area contributed by atoms with Crippen molar-refractivity contribution in [2.75, 3.05) is 32.1 Å². The fraction of sp³-hybridized carbons (Fsp3) is 0.688. The predicted molar refractivity (Wildman–Crippen MR) is 85.1 cm³/mol. The first kappa shape index (κ1) is 15.3. The highest BCUT2D eigenvalue weighted by Gasteiger charge is 2.31. The molecule has 1 aromatic rings. The zero-order valence-corrected chi connectivity index (χ0v) is 13.4. The van der Waals surface area contributed by atoms with Gasteiger partial charge in [0.15, 0.2) is 0 Å². The summed E-state index contributed by atoms with van der Waals surface area (Å²) in [6.07, 6.45) is 0. The zero-order valence-electron chi connectivity index (χ0n) is 13.4. The summed E-state index contributed by atoms with van der Waals surface area (Å²) in [7, 11) is 4.34. The number of pyridine rings is 1. The molecular weight excluding hydrogens is 248 g/mol. The van der Waals surface area contributed by atoms with Crippen LogP contribution in [-0.4, -0.2) is 49.2 Å². The molecule has 0 aliphatic carbocycles. The summed E-state index contributed by atoms with van der Waals surface area (Å²) in [5.74, 6) is 1.80. The first-order valence-corrected chi connectivity index (χ1v) is 7.58. The van der Waals surface area contributed by atoms with Gasteiger partial charge in [-0.15, -0.1) is 0 Å². The minimum absolute atomic E-state index is 0.491. The lowest BCUT2D eigenvalue weighted by atomic mass is 10.1. The Hall–Kier alpha value is -1.13. The fourth-order valence-electron chi connectivity index (χ4n) is 2.86. The van der Waals surface area contributed by atoms with Gasteiger partial charge in [-0.05, 0) is 32.1 Å². The van der Waals surface area contributed by atoms with E-state index >= 15 is 0 Å². The minimum atomic E-state index is 0.491. The van der Waals surface area contributed by atoms with E-state index in [1.54, 1.807) is 0 Å². The standard InChI is InChI=1S/C16H28N4/c1-12(2)17-9-14-7-6-8-16(18-14)20-10-13(3)15(11-20)19(4)5/h6-8,12-13,15,17H,9-11H2,1-5H3. The topological polar surface area (TPSA) is 31.4 Å². The molecule has 4 heteroatoms. The summed E-state index contributed by atoms with van der Waals surface area (Å²) >= 11 is 0. The van der Waals surface area contributed by atoms with E-state index in [9.17, 15) is 0 Å². The molecule has 0 saturated carbocycles. The van der Waals surface area contributed by atoms with Gasteiger partial charge in [-0.1, -0.05) is 26.8 Å². The molecule has 0 radical (unpaired) electrons. The molecular formula is C16H28N4. The number of hydrogen-bond donors (Lipinski definition) is 1. The van der Waals surface area contributed by atoms with Crippen molar-refractivity contribution in [3.8, 4) is 0 Å². The summed E-state index contributed by atoms with van der Waals surface area (Å²) in [6, 6.07) is 7.46. The van der Waals surface area contributed by atoms with Gasteiger partial charge in [0.1, 0.15) is 5.82 Å². The molecule has 0 spiro atoms. The van der Waals surface area contributed by atoms with E-state index in [0.717, 1.165) is 31.1 Å². The van der Waals surface area contributed by atoms with Crippen molar-refractivity contribution in [2.45, 2.75) is 39.4 Å². The van der Waals surface area contributed by atoms with Crippen molar-refractivity contribution in [1.82, 2.24) is 15.2 Å². The van der Waals surface area contributed by atoms with Crippen molar-refractivity contribution in [1.29, 1.82) is 0 Å². The van der Waals surface area contributed by atoms with Crippen LogP contribution >= 0.6 is 0 Å². The van der Waals surface area contributed by atoms with Crippen molar-refractivity contribution in [3.05, 3.63) is 23.9 Å². The quantitative estimate of drug-likeness (QED) is 0.891. The van der Waals surface area contributed by atoms with Crippen LogP contribution in [0.2, 0.25) is 0 Å². The van der Waals surface area contributed by atoms with Gasteiger partial charge in [0.2, 0.25) is 0 Å². The Balaban J connectivity index is 2.04. The van der Waals surface area contributed by atoms with Gasteiger partial charge in [0.25, 0.3) is 0 Å². The summed E-state index contributed by atoms with van der Waals surface area (Å²) in [6.45, 7) is 9.65. The largest absolute Gasteiger partial charge is 0.355 e. The number of anilines is 1. The highest BCUT2D eigenvalue weighted by molar-refractivity contribution is 5.41. The Kier molecular flexibility index (Phi) is 5.00. The average molecular weight is 276 g/mol. The Morgan fingerprint density at radius 1 is 1.35 bits per heavy atom. The fourth-order valence-corrected chi connectivity index (χ4v) is 2.86. The zero-order chi connectivity index (χ0) is 14.7. The van der Waals surface area contributed by atoms with Crippen LogP contribution < -0.4 is 10.2 Å². The molecule has 20 heavy (non-hydrogen) atoms. The molecule has 2 unspecified atom stereocenters. The first-order chi connectivity index (χ1) is 9.47. The maximum Gasteiger partial charge on any atom is 0.128 e. The molecule has 112 valence electrons. The molecule has 0 aromatic carbocycles. The highest BCUT2D eigenvalue weighted by atomic mass is 15.3. The van der Waals surface area contributed by atoms with Crippen LogP contribution in [0.4, 0.5) is 5.82 Å². The van der Waals surface area contributed by atoms with E-state index in [1.165, 1.54) is 0 Å². The minimum Gasteiger partial charge on any atom is -0.355 e. The van der Waals surface area contributed by atoms with Crippen LogP contribution in [0.1, 0.15) is 26.5 Å². The van der Waals surface area contributed by atoms with E-state index in [4.69, 9.17) is 4.98 Å². The second-order valence-electron chi connectivity index (χ2n) is 6.44. The summed E-state index contributed by atoms with van der Waals surface area (Å²) < 4.78 is 0. The van der Waals surface area contributed by atoms with E-state index in [-0.39, 0.29) is 0 Å². The Labute approximate surface area is 123 Å². The van der Waals surface area contributed by atoms with Crippen LogP contribution in [0, 0.1) is 5.92 Å². The molecule has 2 rings (SSSR count). The van der Waals surface area contributed by atoms with Gasteiger partial charge < -0.3 is 15.1 Å². The molecule has 4 nitrogen and oxygen atoms in total. The van der Waals surface area contributed by atoms with E-state index < -0.39 is 0 Å². The first-order valence-electron chi connectivity index (χ1n) is 7.58. The smallest absolute Gasteiger partial charge is 0.128 e. The van der Waals surface area contributed by atoms with Gasteiger partial charge in [-0.25, -0.2) is 4.98 Å². The summed E-state index contributed by atoms with van der Waals surface area (Å²) in [5, 5.41) is 3.43. The van der Waals surface area contributed by atoms with Crippen LogP contribution in [0.5, 0.6) is 0 Å². The van der Waals surface area contributed by atoms with E-state index in [2.05, 4.69) is 68.2 Å². The molecule has 1 aromatic heterocycles. The SMILES string of the molecule is CC(C)NCc1cccc(N2CC(C)C(N(C)C)C2)n1. The lowest BCUT2D eigenvalue weighted by molar-refractivity contribution is 0.266. The number of nitrogens with zero attached hydrogens (tertiary/aromatic N) is 3. The molecule has 1 aliphatic heterocycles. The van der Waals surface area contributed by atoms with Crippen molar-refractivity contribution >= 4 is 5.82 Å². The molecule has 2 heterocycles. The lowest BCUT2D eigenvalue weighted by Crippen LogP contribution is -2.34. The van der Waals surface area contributed by atoms with Gasteiger partial charge in [-0.2, -0.15) is 0 Å². The second-order valence-corrected chi connectivity index (χ2v) is 6.44. The molecule has 1 N–H and O–H groups in total. The van der Waals surface area contributed by atoms with Crippen LogP contribution in [-0.2, 0) is 6.54 Å². The molecule has 1 fully saturated rings. The van der Waals surface area contributed by atoms with E-state index in [0.29, 0.717) is 18.0 Å². The van der Waals surface area contributed by atoms with Crippen LogP contribution in [0.3, 0.4) is 0 Å². The third-order valence-electron chi connectivity index (χ3n) is 4.04. The predicted octanol–water partition coefficient (Wildman–Crippen LogP) is 1.97. The Morgan fingerprint density at radius 2 is 2.10 bits per heavy atom. The van der Waals surface area contributed by atoms with Crippen LogP contribution in [0.15, 0.2) is 18.2 Å². The van der Waals surface area contributed by atoms with Crippen molar-refractivity contribution in [3.63, 3.8) is 0 Å². The maximum atomic E-state index is 4.80. The summed E-state index contributed by atoms with van der Waals surface area (Å²) in [5.41, 5.74) is 1.12. The maximum absolute atomic E-state index is 4.80. The number of likely N-dealkylation sites (N-methyl/N-ethyl adjacent to an activating group) is 1. The monoisotopic (exact) mass is 276 g/mol. The molecule has 0 bridgehead atoms. The Bertz CT molecular complexity index is 430. The third kappa shape index (κ3) is 3.70. The number of nitrogens with one attached hydrogen (secondary N) is 1. The van der Waals surface area contributed by atoms with E-state index in [1.807, 2.05) is 0 Å². The lowest BCUT2D eigenvalue weighted by Gasteiger charge is -2.22. The Morgan fingerprint density at radius 3 is 2.70 bits per heavy atom. The summed E-state index contributed by atoms with van der Waals surface area (Å²) in [4.78, 5) is 9.54. The normalized spacial score (nSPS) is 23.1. The molecule has 2 atom stereocenters. The van der Waals surface area contributed by atoms with Crippen molar-refractivity contribution in [2.24, 2.45) is 5.92 Å². The molecule has 1 aliphatic rings. The molecule has 1 saturated heterocycles. The highest BCUT2D eigenvalue weighted by Crippen LogP contribution is 2.24. The number of aromatic nitrogens is 1. The molecule has 0 amide bonds. The third-order valence-corrected chi connectivity index (χ3v) is 4.04.